The van der Waals surface area contributed by atoms with E-state index < -0.39 is 0 Å². The second-order valence-corrected chi connectivity index (χ2v) is 7.78. The maximum absolute atomic E-state index is 5.94. The van der Waals surface area contributed by atoms with Gasteiger partial charge in [0.15, 0.2) is 5.96 Å². The standard InChI is InChI=1S/C24H30N6O.HI/c1-25-24(27-16-19-11-12-23(26-15-19)31-22-9-4-5-10-22)28-17-20-7-2-3-8-21(20)18-30-14-6-13-29-30;/h2-3,6-8,11-15,22H,4-5,9-10,16-18H2,1H3,(H2,25,27,28);1H. The van der Waals surface area contributed by atoms with Gasteiger partial charge in [0.25, 0.3) is 0 Å². The Morgan fingerprint density at radius 2 is 1.84 bits per heavy atom. The van der Waals surface area contributed by atoms with Crippen LogP contribution in [0.1, 0.15) is 42.4 Å². The molecule has 3 aromatic rings. The van der Waals surface area contributed by atoms with Gasteiger partial charge in [-0.2, -0.15) is 5.10 Å². The zero-order chi connectivity index (χ0) is 21.3. The maximum atomic E-state index is 5.94. The van der Waals surface area contributed by atoms with Gasteiger partial charge in [-0.15, -0.1) is 24.0 Å². The van der Waals surface area contributed by atoms with Gasteiger partial charge in [-0.1, -0.05) is 30.3 Å². The summed E-state index contributed by atoms with van der Waals surface area (Å²) in [7, 11) is 1.78. The summed E-state index contributed by atoms with van der Waals surface area (Å²) < 4.78 is 7.87. The minimum atomic E-state index is 0. The molecule has 0 atom stereocenters. The van der Waals surface area contributed by atoms with Crippen molar-refractivity contribution in [2.45, 2.75) is 51.4 Å². The van der Waals surface area contributed by atoms with E-state index in [-0.39, 0.29) is 24.0 Å². The number of halogens is 1. The van der Waals surface area contributed by atoms with E-state index in [1.54, 1.807) is 13.2 Å². The summed E-state index contributed by atoms with van der Waals surface area (Å²) in [4.78, 5) is 8.80. The zero-order valence-electron chi connectivity index (χ0n) is 18.4. The predicted octanol–water partition coefficient (Wildman–Crippen LogP) is 4.13. The van der Waals surface area contributed by atoms with Crippen molar-refractivity contribution in [1.82, 2.24) is 25.4 Å². The molecule has 0 spiro atoms. The first-order valence-electron chi connectivity index (χ1n) is 10.9. The lowest BCUT2D eigenvalue weighted by molar-refractivity contribution is 0.201. The molecule has 0 saturated heterocycles. The Balaban J connectivity index is 0.00000289. The quantitative estimate of drug-likeness (QED) is 0.253. The van der Waals surface area contributed by atoms with Crippen LogP contribution in [-0.4, -0.2) is 33.9 Å². The summed E-state index contributed by atoms with van der Waals surface area (Å²) in [6.07, 6.45) is 10.8. The molecule has 4 rings (SSSR count). The van der Waals surface area contributed by atoms with Gasteiger partial charge in [-0.25, -0.2) is 4.98 Å². The Morgan fingerprint density at radius 1 is 1.06 bits per heavy atom. The van der Waals surface area contributed by atoms with Crippen molar-refractivity contribution in [3.8, 4) is 5.88 Å². The molecule has 0 radical (unpaired) electrons. The van der Waals surface area contributed by atoms with E-state index >= 15 is 0 Å². The molecule has 1 fully saturated rings. The van der Waals surface area contributed by atoms with E-state index in [1.807, 2.05) is 29.2 Å². The minimum Gasteiger partial charge on any atom is -0.474 e. The summed E-state index contributed by atoms with van der Waals surface area (Å²) in [5.41, 5.74) is 3.54. The highest BCUT2D eigenvalue weighted by Crippen LogP contribution is 2.22. The zero-order valence-corrected chi connectivity index (χ0v) is 20.7. The number of hydrogen-bond acceptors (Lipinski definition) is 4. The van der Waals surface area contributed by atoms with Crippen LogP contribution in [0, 0.1) is 0 Å². The van der Waals surface area contributed by atoms with Crippen molar-refractivity contribution in [3.05, 3.63) is 77.7 Å². The number of aromatic nitrogens is 3. The first kappa shape index (κ1) is 24.0. The fraction of sp³-hybridized carbons (Fsp3) is 0.375. The van der Waals surface area contributed by atoms with Crippen molar-refractivity contribution in [1.29, 1.82) is 0 Å². The molecule has 2 aromatic heterocycles. The Labute approximate surface area is 206 Å². The van der Waals surface area contributed by atoms with Crippen molar-refractivity contribution in [2.24, 2.45) is 4.99 Å². The van der Waals surface area contributed by atoms with Crippen LogP contribution in [0.3, 0.4) is 0 Å². The third-order valence-electron chi connectivity index (χ3n) is 5.53. The van der Waals surface area contributed by atoms with Crippen LogP contribution in [-0.2, 0) is 19.6 Å². The van der Waals surface area contributed by atoms with Gasteiger partial charge >= 0.3 is 0 Å². The van der Waals surface area contributed by atoms with Gasteiger partial charge in [0.2, 0.25) is 5.88 Å². The molecular weight excluding hydrogens is 515 g/mol. The number of pyridine rings is 1. The second kappa shape index (κ2) is 12.4. The van der Waals surface area contributed by atoms with E-state index in [4.69, 9.17) is 4.74 Å². The van der Waals surface area contributed by atoms with Crippen molar-refractivity contribution < 1.29 is 4.74 Å². The molecule has 32 heavy (non-hydrogen) atoms. The topological polar surface area (TPSA) is 76.4 Å². The third-order valence-corrected chi connectivity index (χ3v) is 5.53. The summed E-state index contributed by atoms with van der Waals surface area (Å²) >= 11 is 0. The molecule has 2 heterocycles. The normalized spacial score (nSPS) is 14.1. The second-order valence-electron chi connectivity index (χ2n) is 7.78. The number of nitrogens with zero attached hydrogens (tertiary/aromatic N) is 4. The van der Waals surface area contributed by atoms with Crippen LogP contribution in [0.5, 0.6) is 5.88 Å². The molecule has 170 valence electrons. The van der Waals surface area contributed by atoms with E-state index in [9.17, 15) is 0 Å². The SMILES string of the molecule is CN=C(NCc1ccc(OC2CCCC2)nc1)NCc1ccccc1Cn1cccn1.I. The van der Waals surface area contributed by atoms with E-state index in [1.165, 1.54) is 24.0 Å². The van der Waals surface area contributed by atoms with Crippen LogP contribution in [0.15, 0.2) is 66.0 Å². The lowest BCUT2D eigenvalue weighted by Crippen LogP contribution is -2.36. The Morgan fingerprint density at radius 3 is 2.53 bits per heavy atom. The molecule has 8 heteroatoms. The molecule has 0 bridgehead atoms. The van der Waals surface area contributed by atoms with Crippen molar-refractivity contribution in [2.75, 3.05) is 7.05 Å². The van der Waals surface area contributed by atoms with Crippen LogP contribution in [0.2, 0.25) is 0 Å². The van der Waals surface area contributed by atoms with Gasteiger partial charge in [-0.3, -0.25) is 9.67 Å². The molecule has 1 aliphatic carbocycles. The Bertz CT molecular complexity index is 968. The summed E-state index contributed by atoms with van der Waals surface area (Å²) in [6.45, 7) is 2.08. The average molecular weight is 546 g/mol. The predicted molar refractivity (Wildman–Crippen MR) is 137 cm³/mol. The summed E-state index contributed by atoms with van der Waals surface area (Å²) in [5, 5.41) is 11.1. The highest BCUT2D eigenvalue weighted by molar-refractivity contribution is 14.0. The fourth-order valence-corrected chi connectivity index (χ4v) is 3.80. The molecular formula is C24H31IN6O. The van der Waals surface area contributed by atoms with Gasteiger partial charge in [0.1, 0.15) is 6.10 Å². The summed E-state index contributed by atoms with van der Waals surface area (Å²) in [5.74, 6) is 1.46. The van der Waals surface area contributed by atoms with Crippen LogP contribution in [0.4, 0.5) is 0 Å². The Kier molecular flexibility index (Phi) is 9.33. The van der Waals surface area contributed by atoms with E-state index in [2.05, 4.69) is 56.0 Å². The third kappa shape index (κ3) is 6.94. The largest absolute Gasteiger partial charge is 0.474 e. The molecule has 0 aliphatic heterocycles. The van der Waals surface area contributed by atoms with Crippen LogP contribution >= 0.6 is 24.0 Å². The van der Waals surface area contributed by atoms with E-state index in [0.29, 0.717) is 25.1 Å². The van der Waals surface area contributed by atoms with E-state index in [0.717, 1.165) is 30.9 Å². The van der Waals surface area contributed by atoms with Gasteiger partial charge in [0.05, 0.1) is 6.54 Å². The lowest BCUT2D eigenvalue weighted by Gasteiger charge is -2.15. The molecule has 1 aromatic carbocycles. The smallest absolute Gasteiger partial charge is 0.213 e. The van der Waals surface area contributed by atoms with Crippen molar-refractivity contribution >= 4 is 29.9 Å². The average Bonchev–Trinajstić information content (AvgIpc) is 3.50. The first-order valence-corrected chi connectivity index (χ1v) is 10.9. The van der Waals surface area contributed by atoms with Gasteiger partial charge in [0, 0.05) is 44.8 Å². The van der Waals surface area contributed by atoms with Gasteiger partial charge in [-0.05, 0) is 48.4 Å². The Hall–Kier alpha value is -2.62. The number of ether oxygens (including phenoxy) is 1. The number of hydrogen-bond donors (Lipinski definition) is 2. The number of benzene rings is 1. The lowest BCUT2D eigenvalue weighted by atomic mass is 10.1. The number of nitrogens with one attached hydrogen (secondary N) is 2. The fourth-order valence-electron chi connectivity index (χ4n) is 3.80. The number of aliphatic imine (C=N–C) groups is 1. The highest BCUT2D eigenvalue weighted by atomic mass is 127. The monoisotopic (exact) mass is 546 g/mol. The number of rotatable bonds is 8. The molecule has 0 unspecified atom stereocenters. The maximum Gasteiger partial charge on any atom is 0.213 e. The van der Waals surface area contributed by atoms with Gasteiger partial charge < -0.3 is 15.4 Å². The minimum absolute atomic E-state index is 0. The summed E-state index contributed by atoms with van der Waals surface area (Å²) in [6, 6.07) is 14.3. The number of guanidine groups is 1. The van der Waals surface area contributed by atoms with Crippen LogP contribution < -0.4 is 15.4 Å². The molecule has 1 aliphatic rings. The van der Waals surface area contributed by atoms with Crippen molar-refractivity contribution in [3.63, 3.8) is 0 Å². The molecule has 2 N–H and O–H groups in total. The molecule has 1 saturated carbocycles. The first-order chi connectivity index (χ1) is 15.3. The highest BCUT2D eigenvalue weighted by Gasteiger charge is 2.16. The van der Waals surface area contributed by atoms with Crippen LogP contribution in [0.25, 0.3) is 0 Å². The molecule has 7 nitrogen and oxygen atoms in total. The molecule has 0 amide bonds.